The van der Waals surface area contributed by atoms with Gasteiger partial charge in [-0.2, -0.15) is 0 Å². The fraction of sp³-hybridized carbons (Fsp3) is 0.273. The number of rotatable bonds is 5. The quantitative estimate of drug-likeness (QED) is 0.752. The summed E-state index contributed by atoms with van der Waals surface area (Å²) in [5.41, 5.74) is -0.655. The average molecular weight is 276 g/mol. The zero-order chi connectivity index (χ0) is 14.6. The molecule has 1 rings (SSSR count). The fourth-order valence-corrected chi connectivity index (χ4v) is 1.36. The molecule has 0 radical (unpaired) electrons. The summed E-state index contributed by atoms with van der Waals surface area (Å²) in [6.45, 7) is 0.656. The van der Waals surface area contributed by atoms with Gasteiger partial charge in [0.25, 0.3) is 0 Å². The second-order valence-corrected chi connectivity index (χ2v) is 3.72. The Morgan fingerprint density at radius 2 is 1.79 bits per heavy atom. The van der Waals surface area contributed by atoms with Crippen molar-refractivity contribution in [1.29, 1.82) is 0 Å². The Morgan fingerprint density at radius 3 is 2.21 bits per heavy atom. The molecule has 1 atom stereocenters. The number of carboxylic acids is 1. The molecule has 1 aromatic rings. The lowest BCUT2D eigenvalue weighted by atomic mass is 10.2. The SMILES string of the molecule is CC(=O)NC(CNc1c(F)cc(F)cc1F)C(=O)O. The van der Waals surface area contributed by atoms with Crippen molar-refractivity contribution in [3.05, 3.63) is 29.6 Å². The standard InChI is InChI=1S/C11H11F3N2O3/c1-5(17)16-9(11(18)19)4-15-10-7(13)2-6(12)3-8(10)14/h2-3,9,15H,4H2,1H3,(H,16,17)(H,18,19). The highest BCUT2D eigenvalue weighted by Gasteiger charge is 2.20. The van der Waals surface area contributed by atoms with E-state index in [1.54, 1.807) is 0 Å². The highest BCUT2D eigenvalue weighted by molar-refractivity contribution is 5.82. The summed E-state index contributed by atoms with van der Waals surface area (Å²) in [4.78, 5) is 21.5. The van der Waals surface area contributed by atoms with Crippen LogP contribution in [0.15, 0.2) is 12.1 Å². The van der Waals surface area contributed by atoms with Gasteiger partial charge in [0, 0.05) is 25.6 Å². The zero-order valence-electron chi connectivity index (χ0n) is 9.84. The van der Waals surface area contributed by atoms with E-state index >= 15 is 0 Å². The molecule has 1 unspecified atom stereocenters. The number of halogens is 3. The second kappa shape index (κ2) is 6.07. The number of carbonyl (C=O) groups excluding carboxylic acids is 1. The lowest BCUT2D eigenvalue weighted by molar-refractivity contribution is -0.141. The Balaban J connectivity index is 2.80. The Bertz CT molecular complexity index is 485. The number of hydrogen-bond acceptors (Lipinski definition) is 3. The highest BCUT2D eigenvalue weighted by atomic mass is 19.1. The third-order valence-corrected chi connectivity index (χ3v) is 2.17. The lowest BCUT2D eigenvalue weighted by Gasteiger charge is -2.15. The molecule has 3 N–H and O–H groups in total. The maximum absolute atomic E-state index is 13.2. The predicted molar refractivity (Wildman–Crippen MR) is 60.0 cm³/mol. The molecule has 0 saturated carbocycles. The van der Waals surface area contributed by atoms with Crippen LogP contribution < -0.4 is 10.6 Å². The average Bonchev–Trinajstić information content (AvgIpc) is 2.25. The van der Waals surface area contributed by atoms with Crippen molar-refractivity contribution < 1.29 is 27.9 Å². The third-order valence-electron chi connectivity index (χ3n) is 2.17. The van der Waals surface area contributed by atoms with Crippen molar-refractivity contribution >= 4 is 17.6 Å². The van der Waals surface area contributed by atoms with Crippen molar-refractivity contribution in [2.45, 2.75) is 13.0 Å². The molecular formula is C11H11F3N2O3. The van der Waals surface area contributed by atoms with Crippen LogP contribution in [0.1, 0.15) is 6.92 Å². The molecule has 104 valence electrons. The molecule has 0 heterocycles. The number of carboxylic acid groups (broad SMARTS) is 1. The first-order chi connectivity index (χ1) is 8.81. The van der Waals surface area contributed by atoms with Crippen LogP contribution in [0.2, 0.25) is 0 Å². The maximum atomic E-state index is 13.2. The van der Waals surface area contributed by atoms with Crippen molar-refractivity contribution in [1.82, 2.24) is 5.32 Å². The van der Waals surface area contributed by atoms with Gasteiger partial charge in [-0.1, -0.05) is 0 Å². The van der Waals surface area contributed by atoms with Crippen LogP contribution in [-0.4, -0.2) is 29.6 Å². The summed E-state index contributed by atoms with van der Waals surface area (Å²) in [6, 6.07) is -0.444. The number of carbonyl (C=O) groups is 2. The van der Waals surface area contributed by atoms with Crippen LogP contribution in [0, 0.1) is 17.5 Å². The van der Waals surface area contributed by atoms with Gasteiger partial charge in [0.15, 0.2) is 11.6 Å². The lowest BCUT2D eigenvalue weighted by Crippen LogP contribution is -2.44. The zero-order valence-corrected chi connectivity index (χ0v) is 9.84. The molecule has 1 amide bonds. The smallest absolute Gasteiger partial charge is 0.328 e. The van der Waals surface area contributed by atoms with Crippen molar-refractivity contribution in [2.24, 2.45) is 0 Å². The van der Waals surface area contributed by atoms with Crippen LogP contribution in [-0.2, 0) is 9.59 Å². The molecule has 0 saturated heterocycles. The summed E-state index contributed by atoms with van der Waals surface area (Å²) in [5.74, 6) is -5.44. The number of nitrogens with one attached hydrogen (secondary N) is 2. The highest BCUT2D eigenvalue weighted by Crippen LogP contribution is 2.19. The maximum Gasteiger partial charge on any atom is 0.328 e. The Morgan fingerprint density at radius 1 is 1.26 bits per heavy atom. The van der Waals surface area contributed by atoms with Crippen LogP contribution >= 0.6 is 0 Å². The van der Waals surface area contributed by atoms with E-state index in [4.69, 9.17) is 5.11 Å². The molecule has 0 bridgehead atoms. The normalized spacial score (nSPS) is 11.8. The first kappa shape index (κ1) is 14.8. The van der Waals surface area contributed by atoms with Crippen LogP contribution in [0.3, 0.4) is 0 Å². The third kappa shape index (κ3) is 4.16. The van der Waals surface area contributed by atoms with Gasteiger partial charge in [-0.3, -0.25) is 4.79 Å². The molecule has 1 aromatic carbocycles. The van der Waals surface area contributed by atoms with E-state index in [9.17, 15) is 22.8 Å². The van der Waals surface area contributed by atoms with E-state index < -0.39 is 47.6 Å². The first-order valence-electron chi connectivity index (χ1n) is 5.19. The summed E-state index contributed by atoms with van der Waals surface area (Å²) < 4.78 is 39.1. The van der Waals surface area contributed by atoms with Gasteiger partial charge < -0.3 is 15.7 Å². The Kier molecular flexibility index (Phi) is 4.74. The summed E-state index contributed by atoms with van der Waals surface area (Å²) in [7, 11) is 0. The molecule has 0 aliphatic carbocycles. The molecule has 0 aliphatic rings. The van der Waals surface area contributed by atoms with Gasteiger partial charge in [-0.25, -0.2) is 18.0 Å². The molecule has 8 heteroatoms. The van der Waals surface area contributed by atoms with E-state index in [1.165, 1.54) is 0 Å². The minimum Gasteiger partial charge on any atom is -0.480 e. The molecule has 0 aromatic heterocycles. The van der Waals surface area contributed by atoms with Crippen LogP contribution in [0.4, 0.5) is 18.9 Å². The largest absolute Gasteiger partial charge is 0.480 e. The fourth-order valence-electron chi connectivity index (χ4n) is 1.36. The van der Waals surface area contributed by atoms with Crippen molar-refractivity contribution in [3.8, 4) is 0 Å². The van der Waals surface area contributed by atoms with E-state index in [1.807, 2.05) is 0 Å². The number of benzene rings is 1. The number of hydrogen-bond donors (Lipinski definition) is 3. The van der Waals surface area contributed by atoms with Crippen LogP contribution in [0.5, 0.6) is 0 Å². The molecule has 0 aliphatic heterocycles. The summed E-state index contributed by atoms with van der Waals surface area (Å²) >= 11 is 0. The molecule has 0 spiro atoms. The van der Waals surface area contributed by atoms with E-state index in [2.05, 4.69) is 10.6 Å². The molecule has 0 fully saturated rings. The number of anilines is 1. The van der Waals surface area contributed by atoms with Gasteiger partial charge in [0.2, 0.25) is 5.91 Å². The first-order valence-corrected chi connectivity index (χ1v) is 5.19. The van der Waals surface area contributed by atoms with Gasteiger partial charge in [0.05, 0.1) is 0 Å². The van der Waals surface area contributed by atoms with Crippen molar-refractivity contribution in [2.75, 3.05) is 11.9 Å². The number of aliphatic carboxylic acids is 1. The van der Waals surface area contributed by atoms with Gasteiger partial charge in [0.1, 0.15) is 17.5 Å². The Hall–Kier alpha value is -2.25. The summed E-state index contributed by atoms with van der Waals surface area (Å²) in [5, 5.41) is 13.0. The predicted octanol–water partition coefficient (Wildman–Crippen LogP) is 1.11. The monoisotopic (exact) mass is 276 g/mol. The van der Waals surface area contributed by atoms with Crippen LogP contribution in [0.25, 0.3) is 0 Å². The molecule has 19 heavy (non-hydrogen) atoms. The Labute approximate surface area is 106 Å². The van der Waals surface area contributed by atoms with Gasteiger partial charge >= 0.3 is 5.97 Å². The minimum absolute atomic E-state index is 0.450. The second-order valence-electron chi connectivity index (χ2n) is 3.72. The number of amides is 1. The van der Waals surface area contributed by atoms with E-state index in [0.29, 0.717) is 12.1 Å². The summed E-state index contributed by atoms with van der Waals surface area (Å²) in [6.07, 6.45) is 0. The minimum atomic E-state index is -1.37. The van der Waals surface area contributed by atoms with Gasteiger partial charge in [-0.05, 0) is 0 Å². The topological polar surface area (TPSA) is 78.4 Å². The van der Waals surface area contributed by atoms with E-state index in [-0.39, 0.29) is 0 Å². The van der Waals surface area contributed by atoms with Gasteiger partial charge in [-0.15, -0.1) is 0 Å². The van der Waals surface area contributed by atoms with E-state index in [0.717, 1.165) is 6.92 Å². The molecule has 5 nitrogen and oxygen atoms in total. The molecular weight excluding hydrogens is 265 g/mol. The van der Waals surface area contributed by atoms with Crippen molar-refractivity contribution in [3.63, 3.8) is 0 Å².